The lowest BCUT2D eigenvalue weighted by molar-refractivity contribution is 0.584. The fourth-order valence-electron chi connectivity index (χ4n) is 11.8. The first-order valence-electron chi connectivity index (χ1n) is 22.9. The lowest BCUT2D eigenvalue weighted by atomic mass is 9.31. The largest absolute Gasteiger partial charge is 0.311 e. The van der Waals surface area contributed by atoms with Gasteiger partial charge in [0.05, 0.1) is 0 Å². The average Bonchev–Trinajstić information content (AvgIpc) is 3.74. The highest BCUT2D eigenvalue weighted by molar-refractivity contribution is 7.04. The van der Waals surface area contributed by atoms with Gasteiger partial charge in [-0.1, -0.05) is 191 Å². The molecule has 0 aliphatic carbocycles. The van der Waals surface area contributed by atoms with Crippen LogP contribution < -0.4 is 42.6 Å². The predicted octanol–water partition coefficient (Wildman–Crippen LogP) is 11.4. The SMILES string of the molecule is CC(C)(C)c1ccc(N2c3cccc4c3B(c3ccccc3-4)c3c2c(C(C)(C)C)c2c(c3C(C)(C)C)N(c3ccc(C(C)(C)C)cc3)c3cccc4c3B2c2ccccc2-4)cc1. The topological polar surface area (TPSA) is 6.48 Å². The zero-order valence-electron chi connectivity index (χ0n) is 38.8. The summed E-state index contributed by atoms with van der Waals surface area (Å²) in [5, 5.41) is 0. The van der Waals surface area contributed by atoms with Crippen LogP contribution in [-0.2, 0) is 21.7 Å². The summed E-state index contributed by atoms with van der Waals surface area (Å²) in [6, 6.07) is 51.8. The minimum atomic E-state index is -0.243. The van der Waals surface area contributed by atoms with Gasteiger partial charge in [-0.25, -0.2) is 0 Å². The molecule has 0 radical (unpaired) electrons. The maximum atomic E-state index is 2.70. The van der Waals surface area contributed by atoms with Crippen molar-refractivity contribution in [2.24, 2.45) is 0 Å². The molecule has 0 fully saturated rings. The molecule has 0 saturated carbocycles. The fourth-order valence-corrected chi connectivity index (χ4v) is 11.8. The summed E-state index contributed by atoms with van der Waals surface area (Å²) >= 11 is 0. The van der Waals surface area contributed by atoms with Gasteiger partial charge < -0.3 is 9.80 Å². The molecular weight excluding hydrogens is 746 g/mol. The standard InChI is InChI=1S/C58H58B2N2/c1-55(2,3)35-27-31-37(32-28-35)61-45-25-17-21-41-39-19-13-15-23-43(39)59(49(41)45)51-48(58(10,11)12)54-52(47(53(51)61)57(7,8)9)60-44-24-16-14-20-40(44)42-22-18-26-46(50(42)60)62(54)38-33-29-36(30-34-38)56(4,5)6/h13-34H,1-12H3. The molecule has 0 saturated heterocycles. The second kappa shape index (κ2) is 12.9. The van der Waals surface area contributed by atoms with Gasteiger partial charge in [0.25, 0.3) is 0 Å². The van der Waals surface area contributed by atoms with E-state index in [1.165, 1.54) is 111 Å². The molecule has 7 aromatic rings. The normalized spacial score (nSPS) is 14.6. The molecule has 0 unspecified atom stereocenters. The fraction of sp³-hybridized carbons (Fsp3) is 0.276. The minimum Gasteiger partial charge on any atom is -0.311 e. The van der Waals surface area contributed by atoms with Gasteiger partial charge in [-0.3, -0.25) is 0 Å². The Balaban J connectivity index is 1.36. The first kappa shape index (κ1) is 39.1. The smallest absolute Gasteiger partial charge is 0.248 e. The van der Waals surface area contributed by atoms with E-state index < -0.39 is 0 Å². The van der Waals surface area contributed by atoms with Crippen molar-refractivity contribution in [2.45, 2.75) is 105 Å². The molecule has 11 rings (SSSR count). The first-order chi connectivity index (χ1) is 29.4. The second-order valence-corrected chi connectivity index (χ2v) is 22.6. The summed E-state index contributed by atoms with van der Waals surface area (Å²) in [4.78, 5) is 5.40. The number of benzene rings is 7. The molecule has 0 bridgehead atoms. The van der Waals surface area contributed by atoms with Gasteiger partial charge in [0, 0.05) is 34.1 Å². The Morgan fingerprint density at radius 3 is 1.00 bits per heavy atom. The van der Waals surface area contributed by atoms with E-state index in [-0.39, 0.29) is 35.1 Å². The van der Waals surface area contributed by atoms with E-state index in [0.717, 1.165) is 0 Å². The zero-order chi connectivity index (χ0) is 43.4. The minimum absolute atomic E-state index is 0.0453. The molecule has 7 aromatic carbocycles. The quantitative estimate of drug-likeness (QED) is 0.161. The van der Waals surface area contributed by atoms with E-state index in [0.29, 0.717) is 0 Å². The van der Waals surface area contributed by atoms with Crippen LogP contribution in [0, 0.1) is 0 Å². The molecule has 4 heteroatoms. The summed E-state index contributed by atoms with van der Waals surface area (Å²) in [6.07, 6.45) is 0. The van der Waals surface area contributed by atoms with Gasteiger partial charge in [-0.05, 0) is 124 Å². The van der Waals surface area contributed by atoms with Gasteiger partial charge in [-0.2, -0.15) is 0 Å². The third-order valence-electron chi connectivity index (χ3n) is 14.4. The van der Waals surface area contributed by atoms with Crippen LogP contribution in [0.2, 0.25) is 0 Å². The highest BCUT2D eigenvalue weighted by atomic mass is 15.2. The highest BCUT2D eigenvalue weighted by Gasteiger charge is 2.53. The Morgan fingerprint density at radius 2 is 0.661 bits per heavy atom. The highest BCUT2D eigenvalue weighted by Crippen LogP contribution is 2.52. The predicted molar refractivity (Wildman–Crippen MR) is 271 cm³/mol. The molecule has 4 aliphatic heterocycles. The van der Waals surface area contributed by atoms with Crippen LogP contribution in [0.4, 0.5) is 34.1 Å². The van der Waals surface area contributed by atoms with E-state index in [1.54, 1.807) is 0 Å². The van der Waals surface area contributed by atoms with Crippen LogP contribution in [0.5, 0.6) is 0 Å². The van der Waals surface area contributed by atoms with Gasteiger partial charge in [-0.15, -0.1) is 0 Å². The van der Waals surface area contributed by atoms with Crippen molar-refractivity contribution in [1.82, 2.24) is 0 Å². The van der Waals surface area contributed by atoms with Crippen LogP contribution in [0.25, 0.3) is 22.3 Å². The lowest BCUT2D eigenvalue weighted by Crippen LogP contribution is -2.63. The van der Waals surface area contributed by atoms with Gasteiger partial charge in [0.2, 0.25) is 13.4 Å². The second-order valence-electron chi connectivity index (χ2n) is 22.6. The van der Waals surface area contributed by atoms with Crippen LogP contribution in [0.15, 0.2) is 133 Å². The Kier molecular flexibility index (Phi) is 8.15. The van der Waals surface area contributed by atoms with Crippen molar-refractivity contribution >= 4 is 80.3 Å². The number of nitrogens with zero attached hydrogens (tertiary/aromatic N) is 2. The van der Waals surface area contributed by atoms with Gasteiger partial charge in [0.1, 0.15) is 0 Å². The van der Waals surface area contributed by atoms with Crippen molar-refractivity contribution in [3.8, 4) is 22.3 Å². The zero-order valence-corrected chi connectivity index (χ0v) is 38.8. The summed E-state index contributed by atoms with van der Waals surface area (Å²) in [6.45, 7) is 28.9. The van der Waals surface area contributed by atoms with Crippen molar-refractivity contribution in [3.05, 3.63) is 156 Å². The van der Waals surface area contributed by atoms with Crippen molar-refractivity contribution < 1.29 is 0 Å². The van der Waals surface area contributed by atoms with Crippen molar-refractivity contribution in [1.29, 1.82) is 0 Å². The summed E-state index contributed by atoms with van der Waals surface area (Å²) in [5.74, 6) is 0. The number of anilines is 6. The summed E-state index contributed by atoms with van der Waals surface area (Å²) in [7, 11) is 0. The Bertz CT molecular complexity index is 2790. The molecule has 306 valence electrons. The van der Waals surface area contributed by atoms with Crippen LogP contribution >= 0.6 is 0 Å². The van der Waals surface area contributed by atoms with Crippen LogP contribution in [0.3, 0.4) is 0 Å². The third-order valence-corrected chi connectivity index (χ3v) is 14.4. The molecule has 0 N–H and O–H groups in total. The molecule has 4 heterocycles. The first-order valence-corrected chi connectivity index (χ1v) is 22.9. The number of hydrogen-bond donors (Lipinski definition) is 0. The van der Waals surface area contributed by atoms with Gasteiger partial charge in [0.15, 0.2) is 0 Å². The number of fused-ring (bicyclic) bond motifs is 10. The molecule has 2 nitrogen and oxygen atoms in total. The van der Waals surface area contributed by atoms with E-state index in [1.807, 2.05) is 0 Å². The van der Waals surface area contributed by atoms with Crippen molar-refractivity contribution in [3.63, 3.8) is 0 Å². The lowest BCUT2D eigenvalue weighted by Gasteiger charge is -2.49. The third kappa shape index (κ3) is 5.44. The van der Waals surface area contributed by atoms with E-state index >= 15 is 0 Å². The maximum Gasteiger partial charge on any atom is 0.248 e. The molecule has 0 atom stereocenters. The van der Waals surface area contributed by atoms with Crippen LogP contribution in [-0.4, -0.2) is 13.4 Å². The Morgan fingerprint density at radius 1 is 0.323 bits per heavy atom. The molecule has 62 heavy (non-hydrogen) atoms. The van der Waals surface area contributed by atoms with Crippen molar-refractivity contribution in [2.75, 3.05) is 9.80 Å². The van der Waals surface area contributed by atoms with Crippen LogP contribution in [0.1, 0.15) is 105 Å². The molecular formula is C58H58B2N2. The summed E-state index contributed by atoms with van der Waals surface area (Å²) in [5.41, 5.74) is 26.9. The molecule has 4 aliphatic rings. The monoisotopic (exact) mass is 804 g/mol. The van der Waals surface area contributed by atoms with E-state index in [4.69, 9.17) is 0 Å². The average molecular weight is 805 g/mol. The van der Waals surface area contributed by atoms with Gasteiger partial charge >= 0.3 is 0 Å². The Hall–Kier alpha value is -5.73. The molecule has 0 spiro atoms. The maximum absolute atomic E-state index is 2.70. The Labute approximate surface area is 371 Å². The number of rotatable bonds is 2. The van der Waals surface area contributed by atoms with E-state index in [9.17, 15) is 0 Å². The van der Waals surface area contributed by atoms with E-state index in [2.05, 4.69) is 226 Å². The molecule has 0 aromatic heterocycles. The summed E-state index contributed by atoms with van der Waals surface area (Å²) < 4.78 is 0. The molecule has 0 amide bonds. The number of hydrogen-bond acceptors (Lipinski definition) is 2.